The van der Waals surface area contributed by atoms with Crippen LogP contribution in [0, 0.1) is 0 Å². The average molecular weight is 349 g/mol. The summed E-state index contributed by atoms with van der Waals surface area (Å²) >= 11 is 1.79. The molecule has 3 heterocycles. The summed E-state index contributed by atoms with van der Waals surface area (Å²) in [5.74, 6) is 0.967. The highest BCUT2D eigenvalue weighted by Crippen LogP contribution is 2.33. The Labute approximate surface area is 148 Å². The number of likely N-dealkylation sites (N-methyl/N-ethyl adjacent to an activating group) is 1. The lowest BCUT2D eigenvalue weighted by molar-refractivity contribution is 0.106. The molecule has 0 amide bonds. The first-order valence-corrected chi connectivity index (χ1v) is 9.73. The predicted molar refractivity (Wildman–Crippen MR) is 97.3 cm³/mol. The van der Waals surface area contributed by atoms with E-state index in [1.807, 2.05) is 4.68 Å². The monoisotopic (exact) mass is 348 g/mol. The lowest BCUT2D eigenvalue weighted by atomic mass is 10.0. The van der Waals surface area contributed by atoms with Crippen molar-refractivity contribution in [3.05, 3.63) is 28.2 Å². The van der Waals surface area contributed by atoms with E-state index in [1.165, 1.54) is 4.88 Å². The van der Waals surface area contributed by atoms with E-state index in [4.69, 9.17) is 0 Å². The Morgan fingerprint density at radius 1 is 1.21 bits per heavy atom. The number of nitrogens with zero attached hydrogens (tertiary/aromatic N) is 6. The molecule has 0 bridgehead atoms. The summed E-state index contributed by atoms with van der Waals surface area (Å²) in [7, 11) is 0. The van der Waals surface area contributed by atoms with Crippen LogP contribution in [0.1, 0.15) is 50.9 Å². The molecule has 1 saturated heterocycles. The molecule has 1 atom stereocenters. The van der Waals surface area contributed by atoms with Gasteiger partial charge >= 0.3 is 0 Å². The van der Waals surface area contributed by atoms with E-state index < -0.39 is 0 Å². The van der Waals surface area contributed by atoms with Gasteiger partial charge in [0.15, 0.2) is 5.82 Å². The predicted octanol–water partition coefficient (Wildman–Crippen LogP) is 2.61. The fraction of sp³-hybridized carbons (Fsp3) is 0.706. The zero-order valence-electron chi connectivity index (χ0n) is 15.1. The van der Waals surface area contributed by atoms with Crippen LogP contribution in [0.4, 0.5) is 0 Å². The van der Waals surface area contributed by atoms with E-state index in [0.29, 0.717) is 0 Å². The highest BCUT2D eigenvalue weighted by Gasteiger charge is 2.34. The van der Waals surface area contributed by atoms with Gasteiger partial charge in [0, 0.05) is 31.1 Å². The van der Waals surface area contributed by atoms with Gasteiger partial charge in [0.2, 0.25) is 0 Å². The van der Waals surface area contributed by atoms with Gasteiger partial charge in [-0.2, -0.15) is 0 Å². The summed E-state index contributed by atoms with van der Waals surface area (Å²) in [5.41, 5.74) is -0.0837. The zero-order chi connectivity index (χ0) is 17.2. The van der Waals surface area contributed by atoms with E-state index >= 15 is 0 Å². The van der Waals surface area contributed by atoms with Gasteiger partial charge in [0.1, 0.15) is 6.04 Å². The molecule has 1 aliphatic heterocycles. The third kappa shape index (κ3) is 3.38. The number of thiophene rings is 1. The quantitative estimate of drug-likeness (QED) is 0.803. The molecule has 24 heavy (non-hydrogen) atoms. The molecular formula is C17H28N6S. The molecule has 0 spiro atoms. The van der Waals surface area contributed by atoms with Crippen LogP contribution in [0.15, 0.2) is 17.5 Å². The molecular weight excluding hydrogens is 320 g/mol. The van der Waals surface area contributed by atoms with Gasteiger partial charge < -0.3 is 4.90 Å². The molecule has 1 fully saturated rings. The van der Waals surface area contributed by atoms with E-state index in [9.17, 15) is 0 Å². The topological polar surface area (TPSA) is 50.1 Å². The highest BCUT2D eigenvalue weighted by molar-refractivity contribution is 7.10. The van der Waals surface area contributed by atoms with Gasteiger partial charge in [-0.15, -0.1) is 16.4 Å². The summed E-state index contributed by atoms with van der Waals surface area (Å²) < 4.78 is 2.03. The van der Waals surface area contributed by atoms with Crippen LogP contribution in [0.2, 0.25) is 0 Å². The minimum absolute atomic E-state index is 0.0837. The van der Waals surface area contributed by atoms with Gasteiger partial charge in [-0.25, -0.2) is 4.68 Å². The second kappa shape index (κ2) is 7.29. The molecule has 0 radical (unpaired) electrons. The zero-order valence-corrected chi connectivity index (χ0v) is 16.0. The van der Waals surface area contributed by atoms with Crippen molar-refractivity contribution >= 4 is 11.3 Å². The normalized spacial score (nSPS) is 18.8. The average Bonchev–Trinajstić information content (AvgIpc) is 3.28. The number of hydrogen-bond donors (Lipinski definition) is 0. The van der Waals surface area contributed by atoms with Gasteiger partial charge in [-0.3, -0.25) is 4.90 Å². The molecule has 1 unspecified atom stereocenters. The molecule has 1 aliphatic rings. The maximum Gasteiger partial charge on any atom is 0.174 e. The van der Waals surface area contributed by atoms with Crippen molar-refractivity contribution in [1.29, 1.82) is 0 Å². The summed E-state index contributed by atoms with van der Waals surface area (Å²) in [6, 6.07) is 4.47. The third-order valence-corrected chi connectivity index (χ3v) is 6.13. The Morgan fingerprint density at radius 2 is 1.96 bits per heavy atom. The van der Waals surface area contributed by atoms with E-state index in [0.717, 1.165) is 45.0 Å². The van der Waals surface area contributed by atoms with Crippen molar-refractivity contribution in [3.8, 4) is 0 Å². The smallest absolute Gasteiger partial charge is 0.174 e. The summed E-state index contributed by atoms with van der Waals surface area (Å²) in [5, 5.41) is 15.0. The van der Waals surface area contributed by atoms with E-state index in [-0.39, 0.29) is 11.6 Å². The molecule has 2 aromatic rings. The second-order valence-corrected chi connectivity index (χ2v) is 7.98. The maximum atomic E-state index is 4.45. The molecule has 0 aliphatic carbocycles. The minimum Gasteiger partial charge on any atom is -0.301 e. The first kappa shape index (κ1) is 17.5. The molecule has 7 heteroatoms. The van der Waals surface area contributed by atoms with Gasteiger partial charge in [-0.05, 0) is 48.7 Å². The Kier molecular flexibility index (Phi) is 5.32. The first-order chi connectivity index (χ1) is 11.6. The van der Waals surface area contributed by atoms with Crippen LogP contribution in [0.5, 0.6) is 0 Å². The highest BCUT2D eigenvalue weighted by atomic mass is 32.1. The van der Waals surface area contributed by atoms with Crippen molar-refractivity contribution in [2.75, 3.05) is 32.7 Å². The third-order valence-electron chi connectivity index (χ3n) is 5.21. The van der Waals surface area contributed by atoms with Gasteiger partial charge in [0.05, 0.1) is 5.54 Å². The van der Waals surface area contributed by atoms with Crippen LogP contribution in [0.3, 0.4) is 0 Å². The molecule has 0 saturated carbocycles. The van der Waals surface area contributed by atoms with Crippen molar-refractivity contribution in [1.82, 2.24) is 30.0 Å². The largest absolute Gasteiger partial charge is 0.301 e. The number of tetrazole rings is 1. The van der Waals surface area contributed by atoms with Crippen molar-refractivity contribution < 1.29 is 0 Å². The first-order valence-electron chi connectivity index (χ1n) is 8.85. The maximum absolute atomic E-state index is 4.45. The Hall–Kier alpha value is -1.31. The van der Waals surface area contributed by atoms with Gasteiger partial charge in [0.25, 0.3) is 0 Å². The van der Waals surface area contributed by atoms with Crippen LogP contribution < -0.4 is 0 Å². The van der Waals surface area contributed by atoms with Crippen molar-refractivity contribution in [2.24, 2.45) is 0 Å². The molecule has 3 rings (SSSR count). The fourth-order valence-corrected chi connectivity index (χ4v) is 4.06. The van der Waals surface area contributed by atoms with E-state index in [2.05, 4.69) is 70.5 Å². The molecule has 6 nitrogen and oxygen atoms in total. The molecule has 132 valence electrons. The van der Waals surface area contributed by atoms with Crippen LogP contribution in [-0.4, -0.2) is 62.7 Å². The summed E-state index contributed by atoms with van der Waals surface area (Å²) in [6.45, 7) is 14.3. The number of hydrogen-bond acceptors (Lipinski definition) is 6. The Balaban J connectivity index is 1.95. The molecule has 0 N–H and O–H groups in total. The summed E-state index contributed by atoms with van der Waals surface area (Å²) in [6.07, 6.45) is 0.992. The second-order valence-electron chi connectivity index (χ2n) is 7.00. The SMILES string of the molecule is CCN1CCN(C(c2cccs2)c2nnnn2C(C)(C)CC)CC1. The Morgan fingerprint density at radius 3 is 2.54 bits per heavy atom. The van der Waals surface area contributed by atoms with Crippen LogP contribution >= 0.6 is 11.3 Å². The fourth-order valence-electron chi connectivity index (χ4n) is 3.20. The lowest BCUT2D eigenvalue weighted by Gasteiger charge is -2.38. The summed E-state index contributed by atoms with van der Waals surface area (Å²) in [4.78, 5) is 6.36. The Bertz CT molecular complexity index is 627. The number of rotatable bonds is 6. The van der Waals surface area contributed by atoms with Crippen molar-refractivity contribution in [3.63, 3.8) is 0 Å². The van der Waals surface area contributed by atoms with E-state index in [1.54, 1.807) is 11.3 Å². The number of piperazine rings is 1. The van der Waals surface area contributed by atoms with Crippen molar-refractivity contribution in [2.45, 2.75) is 45.7 Å². The van der Waals surface area contributed by atoms with Gasteiger partial charge in [-0.1, -0.05) is 19.9 Å². The van der Waals surface area contributed by atoms with Crippen LogP contribution in [0.25, 0.3) is 0 Å². The molecule has 0 aromatic carbocycles. The number of aromatic nitrogens is 4. The standard InChI is InChI=1S/C17H28N6S/c1-5-17(3,4)23-16(18-19-20-23)15(14-8-7-13-24-14)22-11-9-21(6-2)10-12-22/h7-8,13,15H,5-6,9-12H2,1-4H3. The van der Waals surface area contributed by atoms with Crippen LogP contribution in [-0.2, 0) is 5.54 Å². The molecule has 2 aromatic heterocycles. The lowest BCUT2D eigenvalue weighted by Crippen LogP contribution is -2.48. The minimum atomic E-state index is -0.0837.